The van der Waals surface area contributed by atoms with Crippen LogP contribution in [0.4, 0.5) is 21.8 Å². The molecule has 2 aromatic rings. The van der Waals surface area contributed by atoms with Crippen molar-refractivity contribution in [1.29, 1.82) is 0 Å². The minimum atomic E-state index is -0.187. The first kappa shape index (κ1) is 17.1. The van der Waals surface area contributed by atoms with Gasteiger partial charge in [0.1, 0.15) is 11.6 Å². The molecule has 0 N–H and O–H groups in total. The Labute approximate surface area is 154 Å². The number of benzene rings is 1. The van der Waals surface area contributed by atoms with E-state index in [0.29, 0.717) is 0 Å². The standard InChI is InChI=1S/C20H26FN5/c1-16-7-10-26(11-8-16)20-22-9-6-19(23-20)25-14-12-24(13-15-25)18-4-2-17(21)3-5-18/h2-6,9,16H,7-8,10-15H2,1H3. The van der Waals surface area contributed by atoms with Crippen LogP contribution in [-0.2, 0) is 0 Å². The largest absolute Gasteiger partial charge is 0.368 e. The van der Waals surface area contributed by atoms with Gasteiger partial charge in [-0.05, 0) is 49.1 Å². The van der Waals surface area contributed by atoms with Crippen molar-refractivity contribution < 1.29 is 4.39 Å². The molecule has 2 saturated heterocycles. The summed E-state index contributed by atoms with van der Waals surface area (Å²) in [5.74, 6) is 2.48. The molecule has 1 aromatic carbocycles. The average Bonchev–Trinajstić information content (AvgIpc) is 2.69. The smallest absolute Gasteiger partial charge is 0.227 e. The lowest BCUT2D eigenvalue weighted by Crippen LogP contribution is -2.47. The van der Waals surface area contributed by atoms with E-state index in [1.165, 1.54) is 25.0 Å². The molecular weight excluding hydrogens is 329 g/mol. The summed E-state index contributed by atoms with van der Waals surface area (Å²) in [6.45, 7) is 8.04. The van der Waals surface area contributed by atoms with Gasteiger partial charge in [0.25, 0.3) is 0 Å². The van der Waals surface area contributed by atoms with Crippen LogP contribution in [0.2, 0.25) is 0 Å². The Balaban J connectivity index is 1.40. The highest BCUT2D eigenvalue weighted by Gasteiger charge is 2.21. The Kier molecular flexibility index (Phi) is 4.91. The zero-order chi connectivity index (χ0) is 17.9. The van der Waals surface area contributed by atoms with Crippen LogP contribution in [0.1, 0.15) is 19.8 Å². The van der Waals surface area contributed by atoms with Crippen molar-refractivity contribution in [1.82, 2.24) is 9.97 Å². The number of anilines is 3. The second kappa shape index (κ2) is 7.48. The molecule has 0 unspecified atom stereocenters. The molecule has 3 heterocycles. The van der Waals surface area contributed by atoms with Gasteiger partial charge in [0.05, 0.1) is 0 Å². The maximum atomic E-state index is 13.1. The predicted octanol–water partition coefficient (Wildman–Crippen LogP) is 3.18. The van der Waals surface area contributed by atoms with E-state index < -0.39 is 0 Å². The normalized spacial score (nSPS) is 19.1. The third-order valence-electron chi connectivity index (χ3n) is 5.49. The molecule has 5 nitrogen and oxygen atoms in total. The molecule has 0 atom stereocenters. The van der Waals surface area contributed by atoms with Gasteiger partial charge in [-0.25, -0.2) is 9.37 Å². The molecular formula is C20H26FN5. The van der Waals surface area contributed by atoms with Crippen molar-refractivity contribution in [3.63, 3.8) is 0 Å². The molecule has 1 aromatic heterocycles. The van der Waals surface area contributed by atoms with E-state index in [9.17, 15) is 4.39 Å². The van der Waals surface area contributed by atoms with Gasteiger partial charge in [-0.1, -0.05) is 6.92 Å². The molecule has 0 saturated carbocycles. The molecule has 0 spiro atoms. The highest BCUT2D eigenvalue weighted by Crippen LogP contribution is 2.23. The van der Waals surface area contributed by atoms with Gasteiger partial charge in [-0.3, -0.25) is 0 Å². The number of piperazine rings is 1. The number of piperidine rings is 1. The highest BCUT2D eigenvalue weighted by atomic mass is 19.1. The summed E-state index contributed by atoms with van der Waals surface area (Å²) in [4.78, 5) is 16.2. The second-order valence-electron chi connectivity index (χ2n) is 7.33. The zero-order valence-corrected chi connectivity index (χ0v) is 15.3. The number of aromatic nitrogens is 2. The van der Waals surface area contributed by atoms with Crippen LogP contribution in [-0.4, -0.2) is 49.2 Å². The van der Waals surface area contributed by atoms with Crippen molar-refractivity contribution in [3.05, 3.63) is 42.3 Å². The van der Waals surface area contributed by atoms with E-state index in [-0.39, 0.29) is 5.82 Å². The van der Waals surface area contributed by atoms with Crippen molar-refractivity contribution >= 4 is 17.5 Å². The molecule has 6 heteroatoms. The van der Waals surface area contributed by atoms with E-state index in [2.05, 4.69) is 26.6 Å². The van der Waals surface area contributed by atoms with E-state index >= 15 is 0 Å². The van der Waals surface area contributed by atoms with Crippen LogP contribution in [0, 0.1) is 11.7 Å². The summed E-state index contributed by atoms with van der Waals surface area (Å²) in [5, 5.41) is 0. The first-order chi connectivity index (χ1) is 12.7. The number of hydrogen-bond acceptors (Lipinski definition) is 5. The fourth-order valence-electron chi connectivity index (χ4n) is 3.72. The topological polar surface area (TPSA) is 35.5 Å². The fraction of sp³-hybridized carbons (Fsp3) is 0.500. The molecule has 0 aliphatic carbocycles. The Bertz CT molecular complexity index is 719. The van der Waals surface area contributed by atoms with E-state index in [1.807, 2.05) is 24.4 Å². The van der Waals surface area contributed by atoms with Crippen LogP contribution in [0.15, 0.2) is 36.5 Å². The van der Waals surface area contributed by atoms with Gasteiger partial charge >= 0.3 is 0 Å². The number of hydrogen-bond donors (Lipinski definition) is 0. The highest BCUT2D eigenvalue weighted by molar-refractivity contribution is 5.50. The molecule has 4 rings (SSSR count). The zero-order valence-electron chi connectivity index (χ0n) is 15.3. The van der Waals surface area contributed by atoms with Crippen molar-refractivity contribution in [2.24, 2.45) is 5.92 Å². The molecule has 26 heavy (non-hydrogen) atoms. The maximum Gasteiger partial charge on any atom is 0.227 e. The Morgan fingerprint density at radius 1 is 0.846 bits per heavy atom. The van der Waals surface area contributed by atoms with Crippen LogP contribution >= 0.6 is 0 Å². The van der Waals surface area contributed by atoms with Crippen LogP contribution in [0.5, 0.6) is 0 Å². The minimum absolute atomic E-state index is 0.187. The van der Waals surface area contributed by atoms with Gasteiger partial charge < -0.3 is 14.7 Å². The van der Waals surface area contributed by atoms with E-state index in [0.717, 1.165) is 62.6 Å². The van der Waals surface area contributed by atoms with Crippen LogP contribution < -0.4 is 14.7 Å². The summed E-state index contributed by atoms with van der Waals surface area (Å²) in [6, 6.07) is 8.76. The quantitative estimate of drug-likeness (QED) is 0.845. The average molecular weight is 355 g/mol. The first-order valence-corrected chi connectivity index (χ1v) is 9.52. The molecule has 138 valence electrons. The van der Waals surface area contributed by atoms with E-state index in [1.54, 1.807) is 0 Å². The maximum absolute atomic E-state index is 13.1. The Hall–Kier alpha value is -2.37. The molecule has 0 bridgehead atoms. The fourth-order valence-corrected chi connectivity index (χ4v) is 3.72. The lowest BCUT2D eigenvalue weighted by molar-refractivity contribution is 0.434. The molecule has 2 aliphatic rings. The predicted molar refractivity (Wildman–Crippen MR) is 103 cm³/mol. The van der Waals surface area contributed by atoms with Gasteiger partial charge in [0.2, 0.25) is 5.95 Å². The Morgan fingerprint density at radius 3 is 2.19 bits per heavy atom. The van der Waals surface area contributed by atoms with Crippen molar-refractivity contribution in [3.8, 4) is 0 Å². The number of rotatable bonds is 3. The summed E-state index contributed by atoms with van der Waals surface area (Å²) in [5.41, 5.74) is 1.08. The lowest BCUT2D eigenvalue weighted by atomic mass is 10.00. The van der Waals surface area contributed by atoms with Crippen molar-refractivity contribution in [2.75, 3.05) is 54.0 Å². The summed E-state index contributed by atoms with van der Waals surface area (Å²) >= 11 is 0. The van der Waals surface area contributed by atoms with E-state index in [4.69, 9.17) is 4.98 Å². The molecule has 0 radical (unpaired) electrons. The van der Waals surface area contributed by atoms with Gasteiger partial charge in [0, 0.05) is 51.2 Å². The molecule has 0 amide bonds. The third kappa shape index (κ3) is 3.74. The molecule has 2 fully saturated rings. The summed E-state index contributed by atoms with van der Waals surface area (Å²) < 4.78 is 13.1. The SMILES string of the molecule is CC1CCN(c2nccc(N3CCN(c4ccc(F)cc4)CC3)n2)CC1. The van der Waals surface area contributed by atoms with Gasteiger partial charge in [0.15, 0.2) is 0 Å². The second-order valence-corrected chi connectivity index (χ2v) is 7.33. The first-order valence-electron chi connectivity index (χ1n) is 9.52. The number of halogens is 1. The Morgan fingerprint density at radius 2 is 1.50 bits per heavy atom. The third-order valence-corrected chi connectivity index (χ3v) is 5.49. The van der Waals surface area contributed by atoms with Gasteiger partial charge in [-0.15, -0.1) is 0 Å². The van der Waals surface area contributed by atoms with Crippen LogP contribution in [0.25, 0.3) is 0 Å². The minimum Gasteiger partial charge on any atom is -0.368 e. The monoisotopic (exact) mass is 355 g/mol. The number of nitrogens with zero attached hydrogens (tertiary/aromatic N) is 5. The summed E-state index contributed by atoms with van der Waals surface area (Å²) in [6.07, 6.45) is 4.30. The van der Waals surface area contributed by atoms with Crippen LogP contribution in [0.3, 0.4) is 0 Å². The van der Waals surface area contributed by atoms with Crippen molar-refractivity contribution in [2.45, 2.75) is 19.8 Å². The summed E-state index contributed by atoms with van der Waals surface area (Å²) in [7, 11) is 0. The van der Waals surface area contributed by atoms with Gasteiger partial charge in [-0.2, -0.15) is 4.98 Å². The lowest BCUT2D eigenvalue weighted by Gasteiger charge is -2.37. The molecule has 2 aliphatic heterocycles.